The number of aromatic nitrogens is 2. The molecule has 1 amide bonds. The van der Waals surface area contributed by atoms with Gasteiger partial charge in [0.05, 0.1) is 25.1 Å². The minimum absolute atomic E-state index is 0.0613. The number of ether oxygens (including phenoxy) is 2. The van der Waals surface area contributed by atoms with Crippen LogP contribution in [0.3, 0.4) is 0 Å². The second-order valence-electron chi connectivity index (χ2n) is 9.72. The summed E-state index contributed by atoms with van der Waals surface area (Å²) in [5, 5.41) is 11.4. The number of ketones is 1. The van der Waals surface area contributed by atoms with Gasteiger partial charge in [-0.1, -0.05) is 42.0 Å². The number of hydrogen-bond donors (Lipinski definition) is 1. The number of benzene rings is 3. The number of imidazole rings is 1. The molecule has 1 aliphatic rings. The lowest BCUT2D eigenvalue weighted by atomic mass is 9.95. The van der Waals surface area contributed by atoms with Crippen LogP contribution >= 0.6 is 0 Å². The van der Waals surface area contributed by atoms with Gasteiger partial charge >= 0.3 is 0 Å². The molecule has 4 aromatic rings. The highest BCUT2D eigenvalue weighted by atomic mass is 16.5. The fraction of sp³-hybridized carbons (Fsp3) is 0.219. The molecule has 0 aliphatic carbocycles. The van der Waals surface area contributed by atoms with E-state index in [0.717, 1.165) is 11.1 Å². The summed E-state index contributed by atoms with van der Waals surface area (Å²) in [4.78, 5) is 32.1. The summed E-state index contributed by atoms with van der Waals surface area (Å²) in [5.74, 6) is -0.278. The zero-order valence-corrected chi connectivity index (χ0v) is 22.5. The molecule has 3 aromatic carbocycles. The number of nitrogens with zero attached hydrogens (tertiary/aromatic N) is 3. The van der Waals surface area contributed by atoms with E-state index >= 15 is 0 Å². The SMILES string of the molecule is COc1ccc([C@H]2C(=C(O)c3ccc(OCc4cccc(C)c4)cc3)C(=O)C(=O)N2CCCn2ccnc2)cc1. The summed E-state index contributed by atoms with van der Waals surface area (Å²) in [5.41, 5.74) is 3.41. The van der Waals surface area contributed by atoms with Gasteiger partial charge < -0.3 is 24.0 Å². The highest BCUT2D eigenvalue weighted by molar-refractivity contribution is 6.46. The van der Waals surface area contributed by atoms with E-state index in [1.165, 1.54) is 4.90 Å². The quantitative estimate of drug-likeness (QED) is 0.168. The number of aryl methyl sites for hydroxylation is 2. The largest absolute Gasteiger partial charge is 0.507 e. The van der Waals surface area contributed by atoms with Crippen LogP contribution in [0.5, 0.6) is 11.5 Å². The molecule has 1 N–H and O–H groups in total. The monoisotopic (exact) mass is 537 g/mol. The van der Waals surface area contributed by atoms with E-state index in [0.29, 0.717) is 48.7 Å². The van der Waals surface area contributed by atoms with Crippen molar-refractivity contribution < 1.29 is 24.2 Å². The predicted molar refractivity (Wildman–Crippen MR) is 151 cm³/mol. The number of amides is 1. The van der Waals surface area contributed by atoms with Gasteiger partial charge in [-0.05, 0) is 60.9 Å². The molecule has 0 saturated carbocycles. The number of carbonyl (C=O) groups excluding carboxylic acids is 2. The second-order valence-corrected chi connectivity index (χ2v) is 9.72. The maximum Gasteiger partial charge on any atom is 0.295 e. The zero-order valence-electron chi connectivity index (χ0n) is 22.5. The molecule has 1 fully saturated rings. The van der Waals surface area contributed by atoms with Gasteiger partial charge in [0, 0.05) is 31.0 Å². The Bertz CT molecular complexity index is 1510. The van der Waals surface area contributed by atoms with Crippen LogP contribution in [0, 0.1) is 6.92 Å². The van der Waals surface area contributed by atoms with Gasteiger partial charge in [0.15, 0.2) is 0 Å². The third kappa shape index (κ3) is 5.76. The summed E-state index contributed by atoms with van der Waals surface area (Å²) < 4.78 is 13.1. The van der Waals surface area contributed by atoms with Crippen LogP contribution in [0.1, 0.15) is 34.7 Å². The van der Waals surface area contributed by atoms with Gasteiger partial charge in [-0.25, -0.2) is 4.98 Å². The van der Waals surface area contributed by atoms with Crippen molar-refractivity contribution in [3.05, 3.63) is 119 Å². The number of hydrogen-bond acceptors (Lipinski definition) is 6. The third-order valence-electron chi connectivity index (χ3n) is 6.96. The van der Waals surface area contributed by atoms with Crippen LogP contribution in [0.2, 0.25) is 0 Å². The van der Waals surface area contributed by atoms with Crippen LogP contribution in [0.4, 0.5) is 0 Å². The molecule has 8 nitrogen and oxygen atoms in total. The molecule has 2 heterocycles. The van der Waals surface area contributed by atoms with Gasteiger partial charge in [0.25, 0.3) is 11.7 Å². The Morgan fingerprint density at radius 2 is 1.73 bits per heavy atom. The van der Waals surface area contributed by atoms with E-state index in [4.69, 9.17) is 9.47 Å². The molecular weight excluding hydrogens is 506 g/mol. The molecule has 1 saturated heterocycles. The van der Waals surface area contributed by atoms with Crippen LogP contribution in [0.15, 0.2) is 97.1 Å². The van der Waals surface area contributed by atoms with Crippen molar-refractivity contribution in [2.24, 2.45) is 0 Å². The minimum atomic E-state index is -0.731. The fourth-order valence-electron chi connectivity index (χ4n) is 4.92. The van der Waals surface area contributed by atoms with Gasteiger partial charge in [-0.15, -0.1) is 0 Å². The van der Waals surface area contributed by atoms with Crippen molar-refractivity contribution in [2.45, 2.75) is 32.5 Å². The lowest BCUT2D eigenvalue weighted by Gasteiger charge is -2.25. The topological polar surface area (TPSA) is 93.9 Å². The van der Waals surface area contributed by atoms with Gasteiger partial charge in [-0.2, -0.15) is 0 Å². The van der Waals surface area contributed by atoms with Gasteiger partial charge in [0.2, 0.25) is 0 Å². The van der Waals surface area contributed by atoms with E-state index in [2.05, 4.69) is 11.1 Å². The number of methoxy groups -OCH3 is 1. The standard InChI is InChI=1S/C32H31N3O5/c1-22-5-3-6-23(19-22)20-40-27-13-9-25(10-14-27)30(36)28-29(24-7-11-26(39-2)12-8-24)35(32(38)31(28)37)17-4-16-34-18-15-33-21-34/h3,5-15,18-19,21,29,36H,4,16-17,20H2,1-2H3/t29-/m0/s1. The Hall–Kier alpha value is -4.85. The van der Waals surface area contributed by atoms with Crippen molar-refractivity contribution in [3.63, 3.8) is 0 Å². The number of carbonyl (C=O) groups is 2. The summed E-state index contributed by atoms with van der Waals surface area (Å²) in [6.45, 7) is 3.42. The Labute approximate surface area is 233 Å². The first-order valence-corrected chi connectivity index (χ1v) is 13.1. The van der Waals surface area contributed by atoms with Crippen molar-refractivity contribution in [1.29, 1.82) is 0 Å². The highest BCUT2D eigenvalue weighted by Crippen LogP contribution is 2.40. The van der Waals surface area contributed by atoms with Gasteiger partial charge in [0.1, 0.15) is 23.9 Å². The van der Waals surface area contributed by atoms with E-state index in [1.54, 1.807) is 56.0 Å². The first kappa shape index (κ1) is 26.7. The van der Waals surface area contributed by atoms with Crippen LogP contribution in [0.25, 0.3) is 5.76 Å². The summed E-state index contributed by atoms with van der Waals surface area (Å²) in [6.07, 6.45) is 5.87. The number of aliphatic hydroxyl groups excluding tert-OH is 1. The second kappa shape index (κ2) is 11.9. The highest BCUT2D eigenvalue weighted by Gasteiger charge is 2.45. The normalized spacial score (nSPS) is 16.4. The predicted octanol–water partition coefficient (Wildman–Crippen LogP) is 5.29. The summed E-state index contributed by atoms with van der Waals surface area (Å²) in [6, 6.07) is 21.4. The molecule has 1 aliphatic heterocycles. The molecule has 0 bridgehead atoms. The Balaban J connectivity index is 1.41. The first-order valence-electron chi connectivity index (χ1n) is 13.1. The lowest BCUT2D eigenvalue weighted by molar-refractivity contribution is -0.139. The van der Waals surface area contributed by atoms with Crippen LogP contribution in [-0.4, -0.2) is 44.9 Å². The number of rotatable bonds is 10. The van der Waals surface area contributed by atoms with Crippen LogP contribution in [-0.2, 0) is 22.7 Å². The molecule has 0 radical (unpaired) electrons. The molecule has 5 rings (SSSR count). The summed E-state index contributed by atoms with van der Waals surface area (Å²) in [7, 11) is 1.57. The maximum absolute atomic E-state index is 13.3. The number of likely N-dealkylation sites (tertiary alicyclic amines) is 1. The number of Topliss-reactive ketones (excluding diaryl/α,β-unsaturated/α-hetero) is 1. The smallest absolute Gasteiger partial charge is 0.295 e. The molecule has 8 heteroatoms. The molecule has 1 aromatic heterocycles. The maximum atomic E-state index is 13.3. The molecular formula is C32H31N3O5. The zero-order chi connectivity index (χ0) is 28.1. The van der Waals surface area contributed by atoms with Crippen molar-refractivity contribution in [1.82, 2.24) is 14.5 Å². The Kier molecular flexibility index (Phi) is 7.96. The average molecular weight is 538 g/mol. The fourth-order valence-corrected chi connectivity index (χ4v) is 4.92. The van der Waals surface area contributed by atoms with E-state index in [1.807, 2.05) is 48.0 Å². The van der Waals surface area contributed by atoms with Crippen molar-refractivity contribution in [3.8, 4) is 11.5 Å². The van der Waals surface area contributed by atoms with E-state index < -0.39 is 17.7 Å². The minimum Gasteiger partial charge on any atom is -0.507 e. The molecule has 204 valence electrons. The Morgan fingerprint density at radius 1 is 0.975 bits per heavy atom. The molecule has 0 spiro atoms. The molecule has 1 atom stereocenters. The lowest BCUT2D eigenvalue weighted by Crippen LogP contribution is -2.31. The van der Waals surface area contributed by atoms with E-state index in [9.17, 15) is 14.7 Å². The Morgan fingerprint density at radius 3 is 2.40 bits per heavy atom. The first-order chi connectivity index (χ1) is 19.4. The summed E-state index contributed by atoms with van der Waals surface area (Å²) >= 11 is 0. The molecule has 40 heavy (non-hydrogen) atoms. The van der Waals surface area contributed by atoms with E-state index in [-0.39, 0.29) is 11.3 Å². The number of aliphatic hydroxyl groups is 1. The van der Waals surface area contributed by atoms with Crippen molar-refractivity contribution >= 4 is 17.4 Å². The van der Waals surface area contributed by atoms with Crippen molar-refractivity contribution in [2.75, 3.05) is 13.7 Å². The van der Waals surface area contributed by atoms with Crippen LogP contribution < -0.4 is 9.47 Å². The molecule has 0 unspecified atom stereocenters. The average Bonchev–Trinajstić information content (AvgIpc) is 3.58. The third-order valence-corrected chi connectivity index (χ3v) is 6.96. The van der Waals surface area contributed by atoms with Gasteiger partial charge in [-0.3, -0.25) is 9.59 Å².